The van der Waals surface area contributed by atoms with Gasteiger partial charge in [-0.1, -0.05) is 6.92 Å². The number of pyridine rings is 1. The Morgan fingerprint density at radius 3 is 2.80 bits per heavy atom. The minimum atomic E-state index is -0.923. The summed E-state index contributed by atoms with van der Waals surface area (Å²) in [7, 11) is 0. The van der Waals surface area contributed by atoms with E-state index in [1.54, 1.807) is 18.3 Å². The van der Waals surface area contributed by atoms with E-state index in [1.165, 1.54) is 0 Å². The molecule has 82 valence electrons. The van der Waals surface area contributed by atoms with Crippen molar-refractivity contribution in [3.63, 3.8) is 0 Å². The fourth-order valence-electron chi connectivity index (χ4n) is 1.50. The standard InChI is InChI=1S/C11H16N2O2/c1-3-8-13(4-2)10-9(11(14)15)6-5-7-12-10/h5-7H,3-4,8H2,1-2H3,(H,14,15). The van der Waals surface area contributed by atoms with Gasteiger partial charge < -0.3 is 10.0 Å². The van der Waals surface area contributed by atoms with Gasteiger partial charge in [0.15, 0.2) is 0 Å². The van der Waals surface area contributed by atoms with E-state index < -0.39 is 5.97 Å². The molecule has 0 saturated heterocycles. The van der Waals surface area contributed by atoms with Gasteiger partial charge in [-0.15, -0.1) is 0 Å². The fraction of sp³-hybridized carbons (Fsp3) is 0.455. The van der Waals surface area contributed by atoms with Crippen molar-refractivity contribution < 1.29 is 9.90 Å². The highest BCUT2D eigenvalue weighted by molar-refractivity contribution is 5.93. The third kappa shape index (κ3) is 2.68. The number of anilines is 1. The minimum absolute atomic E-state index is 0.271. The summed E-state index contributed by atoms with van der Waals surface area (Å²) in [5, 5.41) is 9.01. The maximum Gasteiger partial charge on any atom is 0.339 e. The quantitative estimate of drug-likeness (QED) is 0.804. The predicted octanol–water partition coefficient (Wildman–Crippen LogP) is 2.02. The van der Waals surface area contributed by atoms with Gasteiger partial charge in [0.1, 0.15) is 11.4 Å². The molecule has 0 spiro atoms. The van der Waals surface area contributed by atoms with E-state index in [2.05, 4.69) is 11.9 Å². The fourth-order valence-corrected chi connectivity index (χ4v) is 1.50. The van der Waals surface area contributed by atoms with E-state index in [4.69, 9.17) is 5.11 Å². The number of aromatic nitrogens is 1. The first-order valence-corrected chi connectivity index (χ1v) is 5.14. The zero-order chi connectivity index (χ0) is 11.3. The van der Waals surface area contributed by atoms with Crippen LogP contribution in [-0.2, 0) is 0 Å². The van der Waals surface area contributed by atoms with Gasteiger partial charge in [0.2, 0.25) is 0 Å². The molecule has 0 bridgehead atoms. The molecule has 1 aromatic rings. The third-order valence-electron chi connectivity index (χ3n) is 2.19. The second-order valence-electron chi connectivity index (χ2n) is 3.26. The summed E-state index contributed by atoms with van der Waals surface area (Å²) in [6.07, 6.45) is 2.60. The summed E-state index contributed by atoms with van der Waals surface area (Å²) in [5.41, 5.74) is 0.271. The van der Waals surface area contributed by atoms with Crippen LogP contribution in [0.25, 0.3) is 0 Å². The molecule has 0 fully saturated rings. The predicted molar refractivity (Wildman–Crippen MR) is 59.4 cm³/mol. The van der Waals surface area contributed by atoms with Crippen molar-refractivity contribution in [3.05, 3.63) is 23.9 Å². The van der Waals surface area contributed by atoms with E-state index >= 15 is 0 Å². The lowest BCUT2D eigenvalue weighted by molar-refractivity contribution is 0.0697. The molecule has 0 radical (unpaired) electrons. The Morgan fingerprint density at radius 1 is 1.53 bits per heavy atom. The zero-order valence-electron chi connectivity index (χ0n) is 9.10. The molecule has 0 unspecified atom stereocenters. The molecule has 1 aromatic heterocycles. The number of hydrogen-bond donors (Lipinski definition) is 1. The summed E-state index contributed by atoms with van der Waals surface area (Å²) in [4.78, 5) is 17.1. The molecule has 0 aliphatic rings. The summed E-state index contributed by atoms with van der Waals surface area (Å²) in [6.45, 7) is 5.65. The zero-order valence-corrected chi connectivity index (χ0v) is 9.10. The Labute approximate surface area is 89.6 Å². The lowest BCUT2D eigenvalue weighted by Gasteiger charge is -2.22. The second-order valence-corrected chi connectivity index (χ2v) is 3.26. The van der Waals surface area contributed by atoms with Crippen molar-refractivity contribution >= 4 is 11.8 Å². The van der Waals surface area contributed by atoms with Crippen LogP contribution in [0.1, 0.15) is 30.6 Å². The van der Waals surface area contributed by atoms with Crippen LogP contribution in [0.3, 0.4) is 0 Å². The van der Waals surface area contributed by atoms with E-state index in [0.29, 0.717) is 5.82 Å². The average Bonchev–Trinajstić information content (AvgIpc) is 2.26. The van der Waals surface area contributed by atoms with Crippen molar-refractivity contribution in [1.82, 2.24) is 4.98 Å². The largest absolute Gasteiger partial charge is 0.478 e. The smallest absolute Gasteiger partial charge is 0.339 e. The highest BCUT2D eigenvalue weighted by Crippen LogP contribution is 2.16. The van der Waals surface area contributed by atoms with Gasteiger partial charge in [0.25, 0.3) is 0 Å². The lowest BCUT2D eigenvalue weighted by atomic mass is 10.2. The van der Waals surface area contributed by atoms with Crippen LogP contribution in [0.5, 0.6) is 0 Å². The molecular weight excluding hydrogens is 192 g/mol. The Balaban J connectivity index is 3.04. The summed E-state index contributed by atoms with van der Waals surface area (Å²) in [6, 6.07) is 3.23. The first kappa shape index (κ1) is 11.5. The first-order valence-electron chi connectivity index (χ1n) is 5.14. The number of aromatic carboxylic acids is 1. The Morgan fingerprint density at radius 2 is 2.27 bits per heavy atom. The highest BCUT2D eigenvalue weighted by atomic mass is 16.4. The van der Waals surface area contributed by atoms with Crippen LogP contribution in [0.2, 0.25) is 0 Å². The Bertz CT molecular complexity index is 339. The van der Waals surface area contributed by atoms with Crippen LogP contribution >= 0.6 is 0 Å². The van der Waals surface area contributed by atoms with Gasteiger partial charge in [0.05, 0.1) is 0 Å². The van der Waals surface area contributed by atoms with Crippen molar-refractivity contribution in [2.45, 2.75) is 20.3 Å². The van der Waals surface area contributed by atoms with Gasteiger partial charge in [-0.05, 0) is 25.5 Å². The van der Waals surface area contributed by atoms with Crippen LogP contribution < -0.4 is 4.90 Å². The number of hydrogen-bond acceptors (Lipinski definition) is 3. The van der Waals surface area contributed by atoms with E-state index in [1.807, 2.05) is 11.8 Å². The van der Waals surface area contributed by atoms with Crippen LogP contribution in [0, 0.1) is 0 Å². The van der Waals surface area contributed by atoms with Gasteiger partial charge in [0, 0.05) is 19.3 Å². The molecule has 0 amide bonds. The van der Waals surface area contributed by atoms with Gasteiger partial charge >= 0.3 is 5.97 Å². The van der Waals surface area contributed by atoms with Gasteiger partial charge in [-0.3, -0.25) is 0 Å². The monoisotopic (exact) mass is 208 g/mol. The molecule has 4 nitrogen and oxygen atoms in total. The molecule has 4 heteroatoms. The molecule has 1 heterocycles. The molecule has 1 rings (SSSR count). The van der Waals surface area contributed by atoms with Crippen molar-refractivity contribution in [3.8, 4) is 0 Å². The van der Waals surface area contributed by atoms with Crippen LogP contribution in [0.4, 0.5) is 5.82 Å². The minimum Gasteiger partial charge on any atom is -0.478 e. The van der Waals surface area contributed by atoms with Crippen LogP contribution in [-0.4, -0.2) is 29.1 Å². The summed E-state index contributed by atoms with van der Waals surface area (Å²) >= 11 is 0. The summed E-state index contributed by atoms with van der Waals surface area (Å²) < 4.78 is 0. The van der Waals surface area contributed by atoms with E-state index in [-0.39, 0.29) is 5.56 Å². The molecule has 0 aliphatic carbocycles. The second kappa shape index (κ2) is 5.34. The number of carbonyl (C=O) groups is 1. The molecular formula is C11H16N2O2. The van der Waals surface area contributed by atoms with Crippen molar-refractivity contribution in [1.29, 1.82) is 0 Å². The third-order valence-corrected chi connectivity index (χ3v) is 2.19. The lowest BCUT2D eigenvalue weighted by Crippen LogP contribution is -2.26. The topological polar surface area (TPSA) is 53.4 Å². The van der Waals surface area contributed by atoms with Crippen LogP contribution in [0.15, 0.2) is 18.3 Å². The van der Waals surface area contributed by atoms with Crippen molar-refractivity contribution in [2.75, 3.05) is 18.0 Å². The number of carboxylic acids is 1. The molecule has 0 atom stereocenters. The maximum atomic E-state index is 11.0. The number of carboxylic acid groups (broad SMARTS) is 1. The number of rotatable bonds is 5. The molecule has 0 aliphatic heterocycles. The van der Waals surface area contributed by atoms with Gasteiger partial charge in [-0.25, -0.2) is 9.78 Å². The number of nitrogens with zero attached hydrogens (tertiary/aromatic N) is 2. The molecule has 0 aromatic carbocycles. The maximum absolute atomic E-state index is 11.0. The first-order chi connectivity index (χ1) is 7.20. The molecule has 1 N–H and O–H groups in total. The molecule has 15 heavy (non-hydrogen) atoms. The Hall–Kier alpha value is -1.58. The van der Waals surface area contributed by atoms with E-state index in [9.17, 15) is 4.79 Å². The Kier molecular flexibility index (Phi) is 4.09. The average molecular weight is 208 g/mol. The molecule has 0 saturated carbocycles. The van der Waals surface area contributed by atoms with Crippen molar-refractivity contribution in [2.24, 2.45) is 0 Å². The highest BCUT2D eigenvalue weighted by Gasteiger charge is 2.14. The normalized spacial score (nSPS) is 10.0. The summed E-state index contributed by atoms with van der Waals surface area (Å²) in [5.74, 6) is -0.359. The van der Waals surface area contributed by atoms with E-state index in [0.717, 1.165) is 19.5 Å². The van der Waals surface area contributed by atoms with Gasteiger partial charge in [-0.2, -0.15) is 0 Å². The SMILES string of the molecule is CCCN(CC)c1ncccc1C(=O)O.